The predicted octanol–water partition coefficient (Wildman–Crippen LogP) is 4.59. The van der Waals surface area contributed by atoms with Gasteiger partial charge in [-0.15, -0.1) is 0 Å². The van der Waals surface area contributed by atoms with Crippen LogP contribution in [0.5, 0.6) is 0 Å². The second-order valence-corrected chi connectivity index (χ2v) is 7.29. The summed E-state index contributed by atoms with van der Waals surface area (Å²) >= 11 is 12.1. The molecule has 0 aliphatic carbocycles. The van der Waals surface area contributed by atoms with E-state index < -0.39 is 12.0 Å². The van der Waals surface area contributed by atoms with Gasteiger partial charge >= 0.3 is 5.97 Å². The van der Waals surface area contributed by atoms with Crippen LogP contribution in [0, 0.1) is 0 Å². The molecule has 144 valence electrons. The summed E-state index contributed by atoms with van der Waals surface area (Å²) < 4.78 is 4.83. The quantitative estimate of drug-likeness (QED) is 0.598. The number of fused-ring (bicyclic) bond motifs is 1. The van der Waals surface area contributed by atoms with Crippen molar-refractivity contribution in [3.8, 4) is 0 Å². The number of carbonyl (C=O) groups is 2. The lowest BCUT2D eigenvalue weighted by molar-refractivity contribution is -0.145. The second kappa shape index (κ2) is 9.09. The maximum absolute atomic E-state index is 12.5. The standard InChI is InChI=1S/C22H19Cl2NO3/c1-28-22(27)20(12-17-8-9-18(23)13-19(17)24)25-21(26)11-14-6-7-15-4-2-3-5-16(15)10-14/h2-10,13,20H,11-12H2,1H3,(H,25,26)/t20-/m1/s1. The van der Waals surface area contributed by atoms with Crippen LogP contribution in [-0.2, 0) is 27.2 Å². The zero-order valence-corrected chi connectivity index (χ0v) is 16.8. The van der Waals surface area contributed by atoms with Gasteiger partial charge in [0, 0.05) is 16.5 Å². The van der Waals surface area contributed by atoms with Gasteiger partial charge in [-0.2, -0.15) is 0 Å². The first kappa shape index (κ1) is 20.2. The Morgan fingerprint density at radius 3 is 2.46 bits per heavy atom. The molecule has 1 atom stereocenters. The van der Waals surface area contributed by atoms with Crippen LogP contribution in [0.4, 0.5) is 0 Å². The number of amides is 1. The SMILES string of the molecule is COC(=O)[C@@H](Cc1ccc(Cl)cc1Cl)NC(=O)Cc1ccc2ccccc2c1. The Balaban J connectivity index is 1.72. The van der Waals surface area contributed by atoms with E-state index in [1.54, 1.807) is 18.2 Å². The minimum absolute atomic E-state index is 0.159. The Bertz CT molecular complexity index is 1020. The zero-order valence-electron chi connectivity index (χ0n) is 15.2. The van der Waals surface area contributed by atoms with Gasteiger partial charge in [-0.3, -0.25) is 4.79 Å². The molecule has 0 fully saturated rings. The summed E-state index contributed by atoms with van der Waals surface area (Å²) in [5, 5.41) is 5.86. The first-order valence-corrected chi connectivity index (χ1v) is 9.50. The smallest absolute Gasteiger partial charge is 0.328 e. The molecule has 0 saturated carbocycles. The molecule has 3 aromatic rings. The second-order valence-electron chi connectivity index (χ2n) is 6.44. The van der Waals surface area contributed by atoms with Gasteiger partial charge in [-0.05, 0) is 34.0 Å². The molecule has 1 amide bonds. The van der Waals surface area contributed by atoms with Gasteiger partial charge in [0.15, 0.2) is 0 Å². The average molecular weight is 416 g/mol. The Kier molecular flexibility index (Phi) is 6.55. The van der Waals surface area contributed by atoms with Crippen molar-refractivity contribution in [3.05, 3.63) is 81.8 Å². The number of ether oxygens (including phenoxy) is 1. The van der Waals surface area contributed by atoms with Gasteiger partial charge in [0.1, 0.15) is 6.04 Å². The lowest BCUT2D eigenvalue weighted by Gasteiger charge is -2.17. The number of hydrogen-bond donors (Lipinski definition) is 1. The maximum atomic E-state index is 12.5. The minimum atomic E-state index is -0.836. The van der Waals surface area contributed by atoms with Crippen LogP contribution in [-0.4, -0.2) is 25.0 Å². The fourth-order valence-corrected chi connectivity index (χ4v) is 3.51. The monoisotopic (exact) mass is 415 g/mol. The van der Waals surface area contributed by atoms with E-state index in [0.29, 0.717) is 15.6 Å². The van der Waals surface area contributed by atoms with Gasteiger partial charge in [-0.25, -0.2) is 4.79 Å². The number of methoxy groups -OCH3 is 1. The minimum Gasteiger partial charge on any atom is -0.467 e. The van der Waals surface area contributed by atoms with Crippen LogP contribution in [0.1, 0.15) is 11.1 Å². The summed E-state index contributed by atoms with van der Waals surface area (Å²) in [6.45, 7) is 0. The molecule has 1 N–H and O–H groups in total. The highest BCUT2D eigenvalue weighted by atomic mass is 35.5. The van der Waals surface area contributed by atoms with Gasteiger partial charge in [0.05, 0.1) is 13.5 Å². The normalized spacial score (nSPS) is 11.8. The van der Waals surface area contributed by atoms with Gasteiger partial charge in [0.25, 0.3) is 0 Å². The predicted molar refractivity (Wildman–Crippen MR) is 112 cm³/mol. The van der Waals surface area contributed by atoms with Crippen molar-refractivity contribution in [2.45, 2.75) is 18.9 Å². The highest BCUT2D eigenvalue weighted by Gasteiger charge is 2.23. The van der Waals surface area contributed by atoms with E-state index in [1.165, 1.54) is 7.11 Å². The molecule has 0 unspecified atom stereocenters. The zero-order chi connectivity index (χ0) is 20.1. The molecule has 28 heavy (non-hydrogen) atoms. The van der Waals surface area contributed by atoms with Gasteiger partial charge in [0.2, 0.25) is 5.91 Å². The molecule has 3 aromatic carbocycles. The number of hydrogen-bond acceptors (Lipinski definition) is 3. The molecule has 0 spiro atoms. The van der Waals surface area contributed by atoms with E-state index in [2.05, 4.69) is 5.32 Å². The number of carbonyl (C=O) groups excluding carboxylic acids is 2. The Morgan fingerprint density at radius 2 is 1.75 bits per heavy atom. The lowest BCUT2D eigenvalue weighted by atomic mass is 10.0. The van der Waals surface area contributed by atoms with Crippen LogP contribution in [0.3, 0.4) is 0 Å². The van der Waals surface area contributed by atoms with Crippen molar-refractivity contribution in [1.82, 2.24) is 5.32 Å². The third-order valence-corrected chi connectivity index (χ3v) is 5.03. The summed E-state index contributed by atoms with van der Waals surface area (Å²) in [5.41, 5.74) is 1.57. The molecule has 0 saturated heterocycles. The molecule has 0 bridgehead atoms. The molecule has 4 nitrogen and oxygen atoms in total. The summed E-state index contributed by atoms with van der Waals surface area (Å²) in [5.74, 6) is -0.798. The van der Waals surface area contributed by atoms with Crippen LogP contribution in [0.15, 0.2) is 60.7 Å². The van der Waals surface area contributed by atoms with E-state index in [0.717, 1.165) is 16.3 Å². The molecule has 3 rings (SSSR count). The lowest BCUT2D eigenvalue weighted by Crippen LogP contribution is -2.43. The van der Waals surface area contributed by atoms with E-state index in [4.69, 9.17) is 27.9 Å². The van der Waals surface area contributed by atoms with Crippen molar-refractivity contribution >= 4 is 45.9 Å². The molecular weight excluding hydrogens is 397 g/mol. The summed E-state index contributed by atoms with van der Waals surface area (Å²) in [4.78, 5) is 24.7. The van der Waals surface area contributed by atoms with Crippen molar-refractivity contribution in [2.24, 2.45) is 0 Å². The van der Waals surface area contributed by atoms with Gasteiger partial charge in [-0.1, -0.05) is 71.7 Å². The van der Waals surface area contributed by atoms with E-state index >= 15 is 0 Å². The average Bonchev–Trinajstić information content (AvgIpc) is 2.68. The fraction of sp³-hybridized carbons (Fsp3) is 0.182. The highest BCUT2D eigenvalue weighted by Crippen LogP contribution is 2.22. The number of benzene rings is 3. The van der Waals surface area contributed by atoms with Crippen LogP contribution >= 0.6 is 23.2 Å². The number of halogens is 2. The van der Waals surface area contributed by atoms with Crippen molar-refractivity contribution in [3.63, 3.8) is 0 Å². The molecule has 0 aliphatic rings. The summed E-state index contributed by atoms with van der Waals surface area (Å²) in [6, 6.07) is 18.0. The van der Waals surface area contributed by atoms with Crippen molar-refractivity contribution in [1.29, 1.82) is 0 Å². The van der Waals surface area contributed by atoms with Crippen molar-refractivity contribution in [2.75, 3.05) is 7.11 Å². The van der Waals surface area contributed by atoms with Crippen LogP contribution in [0.25, 0.3) is 10.8 Å². The van der Waals surface area contributed by atoms with Crippen LogP contribution < -0.4 is 5.32 Å². The van der Waals surface area contributed by atoms with E-state index in [9.17, 15) is 9.59 Å². The number of nitrogens with one attached hydrogen (secondary N) is 1. The Labute approximate surface area is 173 Å². The third-order valence-electron chi connectivity index (χ3n) is 4.44. The maximum Gasteiger partial charge on any atom is 0.328 e. The van der Waals surface area contributed by atoms with Gasteiger partial charge < -0.3 is 10.1 Å². The molecular formula is C22H19Cl2NO3. The topological polar surface area (TPSA) is 55.4 Å². The molecule has 0 aliphatic heterocycles. The third kappa shape index (κ3) is 5.03. The first-order valence-electron chi connectivity index (χ1n) is 8.75. The Hall–Kier alpha value is -2.56. The van der Waals surface area contributed by atoms with E-state index in [1.807, 2.05) is 42.5 Å². The molecule has 6 heteroatoms. The highest BCUT2D eigenvalue weighted by molar-refractivity contribution is 6.35. The number of esters is 1. The van der Waals surface area contributed by atoms with E-state index in [-0.39, 0.29) is 18.7 Å². The number of rotatable bonds is 6. The molecule has 0 radical (unpaired) electrons. The van der Waals surface area contributed by atoms with Crippen LogP contribution in [0.2, 0.25) is 10.0 Å². The molecule has 0 heterocycles. The first-order chi connectivity index (χ1) is 13.5. The summed E-state index contributed by atoms with van der Waals surface area (Å²) in [7, 11) is 1.29. The Morgan fingerprint density at radius 1 is 1.00 bits per heavy atom. The largest absolute Gasteiger partial charge is 0.467 e. The fourth-order valence-electron chi connectivity index (χ4n) is 3.02. The molecule has 0 aromatic heterocycles. The summed E-state index contributed by atoms with van der Waals surface area (Å²) in [6.07, 6.45) is 0.374. The van der Waals surface area contributed by atoms with Crippen molar-refractivity contribution < 1.29 is 14.3 Å².